The first-order valence-electron chi connectivity index (χ1n) is 6.09. The maximum atomic E-state index is 12.0. The molecule has 5 nitrogen and oxygen atoms in total. The van der Waals surface area contributed by atoms with Crippen LogP contribution in [0, 0.1) is 13.8 Å². The molecular formula is C14H17N3O2. The lowest BCUT2D eigenvalue weighted by Gasteiger charge is -2.12. The maximum absolute atomic E-state index is 12.0. The van der Waals surface area contributed by atoms with Crippen molar-refractivity contribution >= 4 is 5.91 Å². The molecule has 1 amide bonds. The summed E-state index contributed by atoms with van der Waals surface area (Å²) in [5.74, 6) is 0.497. The lowest BCUT2D eigenvalue weighted by Crippen LogP contribution is -2.33. The molecule has 0 fully saturated rings. The van der Waals surface area contributed by atoms with Crippen LogP contribution in [0.5, 0.6) is 0 Å². The standard InChI is InChI=1S/C14H17N3O2/c1-9-12(10(2)19-17-9)8-16-14(18)13(15)11-6-4-3-5-7-11/h3-7,13H,8,15H2,1-2H3,(H,16,18)/t13-/m0/s1. The Labute approximate surface area is 111 Å². The van der Waals surface area contributed by atoms with Crippen molar-refractivity contribution in [2.24, 2.45) is 5.73 Å². The number of nitrogens with zero attached hydrogens (tertiary/aromatic N) is 1. The highest BCUT2D eigenvalue weighted by atomic mass is 16.5. The summed E-state index contributed by atoms with van der Waals surface area (Å²) in [6, 6.07) is 8.60. The van der Waals surface area contributed by atoms with E-state index in [9.17, 15) is 4.79 Å². The highest BCUT2D eigenvalue weighted by molar-refractivity contribution is 5.82. The van der Waals surface area contributed by atoms with Gasteiger partial charge in [0, 0.05) is 12.1 Å². The van der Waals surface area contributed by atoms with Gasteiger partial charge in [-0.05, 0) is 19.4 Å². The summed E-state index contributed by atoms with van der Waals surface area (Å²) in [5, 5.41) is 6.64. The summed E-state index contributed by atoms with van der Waals surface area (Å²) in [5.41, 5.74) is 8.37. The van der Waals surface area contributed by atoms with Gasteiger partial charge in [-0.25, -0.2) is 0 Å². The molecule has 1 aromatic heterocycles. The fraction of sp³-hybridized carbons (Fsp3) is 0.286. The molecule has 2 aromatic rings. The number of nitrogens with one attached hydrogen (secondary N) is 1. The topological polar surface area (TPSA) is 81.2 Å². The highest BCUT2D eigenvalue weighted by Crippen LogP contribution is 2.13. The van der Waals surface area contributed by atoms with Gasteiger partial charge in [0.15, 0.2) is 0 Å². The molecule has 1 atom stereocenters. The van der Waals surface area contributed by atoms with Crippen LogP contribution in [0.15, 0.2) is 34.9 Å². The van der Waals surface area contributed by atoms with E-state index < -0.39 is 6.04 Å². The van der Waals surface area contributed by atoms with E-state index in [1.54, 1.807) is 0 Å². The Kier molecular flexibility index (Phi) is 3.97. The average molecular weight is 259 g/mol. The second kappa shape index (κ2) is 5.67. The molecular weight excluding hydrogens is 242 g/mol. The predicted molar refractivity (Wildman–Crippen MR) is 71.2 cm³/mol. The number of hydrogen-bond donors (Lipinski definition) is 2. The van der Waals surface area contributed by atoms with Crippen LogP contribution < -0.4 is 11.1 Å². The maximum Gasteiger partial charge on any atom is 0.241 e. The Morgan fingerprint density at radius 1 is 1.37 bits per heavy atom. The number of amides is 1. The van der Waals surface area contributed by atoms with Crippen molar-refractivity contribution < 1.29 is 9.32 Å². The third-order valence-corrected chi connectivity index (χ3v) is 3.06. The van der Waals surface area contributed by atoms with E-state index in [0.29, 0.717) is 12.3 Å². The second-order valence-electron chi connectivity index (χ2n) is 4.41. The van der Waals surface area contributed by atoms with Crippen LogP contribution in [0.3, 0.4) is 0 Å². The molecule has 0 unspecified atom stereocenters. The SMILES string of the molecule is Cc1noc(C)c1CNC(=O)[C@@H](N)c1ccccc1. The van der Waals surface area contributed by atoms with Crippen LogP contribution >= 0.6 is 0 Å². The lowest BCUT2D eigenvalue weighted by molar-refractivity contribution is -0.122. The zero-order valence-electron chi connectivity index (χ0n) is 11.0. The summed E-state index contributed by atoms with van der Waals surface area (Å²) < 4.78 is 5.04. The van der Waals surface area contributed by atoms with Gasteiger partial charge in [-0.15, -0.1) is 0 Å². The first-order chi connectivity index (χ1) is 9.09. The Bertz CT molecular complexity index is 544. The number of carbonyl (C=O) groups is 1. The molecule has 0 spiro atoms. The molecule has 3 N–H and O–H groups in total. The zero-order chi connectivity index (χ0) is 13.8. The third kappa shape index (κ3) is 3.00. The van der Waals surface area contributed by atoms with Crippen molar-refractivity contribution in [1.29, 1.82) is 0 Å². The summed E-state index contributed by atoms with van der Waals surface area (Å²) in [7, 11) is 0. The second-order valence-corrected chi connectivity index (χ2v) is 4.41. The largest absolute Gasteiger partial charge is 0.361 e. The van der Waals surface area contributed by atoms with E-state index in [1.165, 1.54) is 0 Å². The third-order valence-electron chi connectivity index (χ3n) is 3.06. The van der Waals surface area contributed by atoms with E-state index in [0.717, 1.165) is 16.8 Å². The summed E-state index contributed by atoms with van der Waals surface area (Å²) in [6.45, 7) is 4.04. The van der Waals surface area contributed by atoms with Gasteiger partial charge in [-0.2, -0.15) is 0 Å². The number of carbonyl (C=O) groups excluding carboxylic acids is 1. The van der Waals surface area contributed by atoms with Crippen molar-refractivity contribution in [3.8, 4) is 0 Å². The average Bonchev–Trinajstić information content (AvgIpc) is 2.75. The Morgan fingerprint density at radius 2 is 2.05 bits per heavy atom. The van der Waals surface area contributed by atoms with Crippen LogP contribution in [0.25, 0.3) is 0 Å². The fourth-order valence-electron chi connectivity index (χ4n) is 1.85. The van der Waals surface area contributed by atoms with Gasteiger partial charge in [-0.3, -0.25) is 4.79 Å². The predicted octanol–water partition coefficient (Wildman–Crippen LogP) is 1.61. The lowest BCUT2D eigenvalue weighted by atomic mass is 10.1. The number of nitrogens with two attached hydrogens (primary N) is 1. The van der Waals surface area contributed by atoms with Gasteiger partial charge in [0.1, 0.15) is 11.8 Å². The minimum absolute atomic E-state index is 0.216. The van der Waals surface area contributed by atoms with Crippen LogP contribution in [-0.4, -0.2) is 11.1 Å². The molecule has 0 bridgehead atoms. The van der Waals surface area contributed by atoms with E-state index >= 15 is 0 Å². The Balaban J connectivity index is 1.99. The van der Waals surface area contributed by atoms with Crippen molar-refractivity contribution in [2.75, 3.05) is 0 Å². The van der Waals surface area contributed by atoms with E-state index in [1.807, 2.05) is 44.2 Å². The number of benzene rings is 1. The molecule has 19 heavy (non-hydrogen) atoms. The van der Waals surface area contributed by atoms with Gasteiger partial charge < -0.3 is 15.6 Å². The van der Waals surface area contributed by atoms with E-state index in [-0.39, 0.29) is 5.91 Å². The smallest absolute Gasteiger partial charge is 0.241 e. The van der Waals surface area contributed by atoms with Crippen molar-refractivity contribution in [1.82, 2.24) is 10.5 Å². The highest BCUT2D eigenvalue weighted by Gasteiger charge is 2.16. The minimum atomic E-state index is -0.665. The monoisotopic (exact) mass is 259 g/mol. The van der Waals surface area contributed by atoms with Crippen molar-refractivity contribution in [2.45, 2.75) is 26.4 Å². The Hall–Kier alpha value is -2.14. The molecule has 1 aromatic carbocycles. The molecule has 5 heteroatoms. The van der Waals surface area contributed by atoms with Crippen LogP contribution in [0.1, 0.15) is 28.6 Å². The number of rotatable bonds is 4. The quantitative estimate of drug-likeness (QED) is 0.874. The summed E-state index contributed by atoms with van der Waals surface area (Å²) >= 11 is 0. The first kappa shape index (κ1) is 13.3. The van der Waals surface area contributed by atoms with E-state index in [2.05, 4.69) is 10.5 Å². The summed E-state index contributed by atoms with van der Waals surface area (Å²) in [4.78, 5) is 12.0. The molecule has 1 heterocycles. The number of hydrogen-bond acceptors (Lipinski definition) is 4. The van der Waals surface area contributed by atoms with Crippen LogP contribution in [-0.2, 0) is 11.3 Å². The van der Waals surface area contributed by atoms with Crippen molar-refractivity contribution in [3.63, 3.8) is 0 Å². The minimum Gasteiger partial charge on any atom is -0.361 e. The zero-order valence-corrected chi connectivity index (χ0v) is 11.0. The number of aryl methyl sites for hydroxylation is 2. The fourth-order valence-corrected chi connectivity index (χ4v) is 1.85. The van der Waals surface area contributed by atoms with Crippen LogP contribution in [0.2, 0.25) is 0 Å². The van der Waals surface area contributed by atoms with Gasteiger partial charge in [0.25, 0.3) is 0 Å². The molecule has 0 aliphatic carbocycles. The van der Waals surface area contributed by atoms with E-state index in [4.69, 9.17) is 10.3 Å². The number of aromatic nitrogens is 1. The summed E-state index contributed by atoms with van der Waals surface area (Å²) in [6.07, 6.45) is 0. The van der Waals surface area contributed by atoms with Gasteiger partial charge in [0.05, 0.1) is 5.69 Å². The molecule has 0 aliphatic rings. The molecule has 0 saturated heterocycles. The van der Waals surface area contributed by atoms with Gasteiger partial charge in [0.2, 0.25) is 5.91 Å². The van der Waals surface area contributed by atoms with Gasteiger partial charge in [-0.1, -0.05) is 35.5 Å². The molecule has 100 valence electrons. The first-order valence-corrected chi connectivity index (χ1v) is 6.09. The van der Waals surface area contributed by atoms with Crippen LogP contribution in [0.4, 0.5) is 0 Å². The molecule has 0 aliphatic heterocycles. The molecule has 0 radical (unpaired) electrons. The normalized spacial score (nSPS) is 12.2. The Morgan fingerprint density at radius 3 is 2.63 bits per heavy atom. The van der Waals surface area contributed by atoms with Gasteiger partial charge >= 0.3 is 0 Å². The molecule has 2 rings (SSSR count). The van der Waals surface area contributed by atoms with Crippen molar-refractivity contribution in [3.05, 3.63) is 52.9 Å². The molecule has 0 saturated carbocycles.